The molecule has 148 valence electrons. The minimum atomic E-state index is -0.917. The molecule has 1 aliphatic heterocycles. The molecule has 1 atom stereocenters. The van der Waals surface area contributed by atoms with E-state index in [1.807, 2.05) is 0 Å². The zero-order chi connectivity index (χ0) is 20.3. The van der Waals surface area contributed by atoms with Gasteiger partial charge < -0.3 is 29.6 Å². The molecule has 9 heteroatoms. The van der Waals surface area contributed by atoms with Crippen molar-refractivity contribution in [3.8, 4) is 23.0 Å². The molecule has 0 saturated carbocycles. The lowest BCUT2D eigenvalue weighted by molar-refractivity contribution is -0.136. The first-order chi connectivity index (χ1) is 13.4. The summed E-state index contributed by atoms with van der Waals surface area (Å²) in [5.74, 6) is -0.848. The molecular formula is C19H19FN2O6. The molecule has 2 N–H and O–H groups in total. The molecule has 3 rings (SSSR count). The van der Waals surface area contributed by atoms with E-state index < -0.39 is 23.7 Å². The summed E-state index contributed by atoms with van der Waals surface area (Å²) in [6.45, 7) is 1.65. The van der Waals surface area contributed by atoms with Crippen molar-refractivity contribution >= 4 is 17.5 Å². The topological polar surface area (TPSA) is 95.1 Å². The number of ether oxygens (including phenoxy) is 4. The van der Waals surface area contributed by atoms with Gasteiger partial charge in [-0.2, -0.15) is 0 Å². The number of anilines is 1. The Hall–Kier alpha value is -3.49. The molecule has 2 aromatic carbocycles. The highest BCUT2D eigenvalue weighted by Crippen LogP contribution is 2.34. The first-order valence-corrected chi connectivity index (χ1v) is 8.36. The van der Waals surface area contributed by atoms with E-state index in [0.717, 1.165) is 6.07 Å². The third-order valence-electron chi connectivity index (χ3n) is 4.15. The predicted molar refractivity (Wildman–Crippen MR) is 97.3 cm³/mol. The average molecular weight is 390 g/mol. The largest absolute Gasteiger partial charge is 0.493 e. The maximum absolute atomic E-state index is 14.3. The molecule has 0 saturated heterocycles. The quantitative estimate of drug-likeness (QED) is 0.762. The van der Waals surface area contributed by atoms with Crippen LogP contribution in [0.4, 0.5) is 10.1 Å². The van der Waals surface area contributed by atoms with E-state index >= 15 is 0 Å². The third-order valence-corrected chi connectivity index (χ3v) is 4.15. The molecule has 28 heavy (non-hydrogen) atoms. The fourth-order valence-electron chi connectivity index (χ4n) is 2.70. The Morgan fingerprint density at radius 1 is 1.04 bits per heavy atom. The van der Waals surface area contributed by atoms with Gasteiger partial charge in [-0.3, -0.25) is 9.59 Å². The minimum absolute atomic E-state index is 0.0988. The molecule has 0 radical (unpaired) electrons. The summed E-state index contributed by atoms with van der Waals surface area (Å²) in [7, 11) is 2.81. The van der Waals surface area contributed by atoms with Gasteiger partial charge in [-0.25, -0.2) is 4.39 Å². The van der Waals surface area contributed by atoms with Crippen LogP contribution in [-0.4, -0.2) is 32.8 Å². The van der Waals surface area contributed by atoms with Crippen LogP contribution in [0.25, 0.3) is 0 Å². The van der Waals surface area contributed by atoms with E-state index in [-0.39, 0.29) is 18.1 Å². The first-order valence-electron chi connectivity index (χ1n) is 8.36. The van der Waals surface area contributed by atoms with Gasteiger partial charge in [0, 0.05) is 23.4 Å². The van der Waals surface area contributed by atoms with E-state index in [9.17, 15) is 14.0 Å². The molecule has 0 aliphatic carbocycles. The van der Waals surface area contributed by atoms with Gasteiger partial charge in [0.25, 0.3) is 0 Å². The van der Waals surface area contributed by atoms with E-state index in [1.54, 1.807) is 25.1 Å². The third kappa shape index (κ3) is 3.93. The van der Waals surface area contributed by atoms with Crippen LogP contribution in [0.3, 0.4) is 0 Å². The highest BCUT2D eigenvalue weighted by Gasteiger charge is 2.22. The maximum atomic E-state index is 14.3. The Bertz CT molecular complexity index is 918. The van der Waals surface area contributed by atoms with Crippen molar-refractivity contribution in [2.75, 3.05) is 26.3 Å². The molecule has 8 nitrogen and oxygen atoms in total. The lowest BCUT2D eigenvalue weighted by Crippen LogP contribution is -2.37. The number of carbonyl (C=O) groups excluding carboxylic acids is 2. The Labute approximate surface area is 160 Å². The summed E-state index contributed by atoms with van der Waals surface area (Å²) in [6, 6.07) is 6.53. The summed E-state index contributed by atoms with van der Waals surface area (Å²) < 4.78 is 34.9. The van der Waals surface area contributed by atoms with Crippen molar-refractivity contribution < 1.29 is 32.9 Å². The standard InChI is InChI=1S/C19H19FN2O6/c1-10(12-7-15(25-2)16(26-3)8-13(12)20)21-18(23)19(24)22-11-4-5-14-17(6-11)28-9-27-14/h4-8,10H,9H2,1-3H3,(H,21,23)(H,22,24). The molecule has 1 heterocycles. The van der Waals surface area contributed by atoms with E-state index in [2.05, 4.69) is 10.6 Å². The van der Waals surface area contributed by atoms with Gasteiger partial charge in [-0.15, -0.1) is 0 Å². The number of nitrogens with one attached hydrogen (secondary N) is 2. The maximum Gasteiger partial charge on any atom is 0.313 e. The van der Waals surface area contributed by atoms with Crippen molar-refractivity contribution in [3.63, 3.8) is 0 Å². The fourth-order valence-corrected chi connectivity index (χ4v) is 2.70. The number of methoxy groups -OCH3 is 2. The molecule has 0 aromatic heterocycles. The van der Waals surface area contributed by atoms with Gasteiger partial charge in [0.2, 0.25) is 6.79 Å². The Morgan fingerprint density at radius 2 is 1.71 bits per heavy atom. The van der Waals surface area contributed by atoms with E-state index in [1.165, 1.54) is 20.3 Å². The SMILES string of the molecule is COc1cc(F)c(C(C)NC(=O)C(=O)Nc2ccc3c(c2)OCO3)cc1OC. The predicted octanol–water partition coefficient (Wildman–Crippen LogP) is 2.39. The van der Waals surface area contributed by atoms with Gasteiger partial charge in [0.1, 0.15) is 5.82 Å². The minimum Gasteiger partial charge on any atom is -0.493 e. The van der Waals surface area contributed by atoms with Crippen LogP contribution in [0.15, 0.2) is 30.3 Å². The average Bonchev–Trinajstić information content (AvgIpc) is 3.15. The van der Waals surface area contributed by atoms with Crippen LogP contribution in [0.5, 0.6) is 23.0 Å². The smallest absolute Gasteiger partial charge is 0.313 e. The number of rotatable bonds is 5. The van der Waals surface area contributed by atoms with Crippen molar-refractivity contribution in [1.82, 2.24) is 5.32 Å². The monoisotopic (exact) mass is 390 g/mol. The molecule has 1 aliphatic rings. The van der Waals surface area contributed by atoms with Crippen LogP contribution >= 0.6 is 0 Å². The number of hydrogen-bond donors (Lipinski definition) is 2. The molecule has 1 unspecified atom stereocenters. The Morgan fingerprint density at radius 3 is 2.43 bits per heavy atom. The summed E-state index contributed by atoms with van der Waals surface area (Å²) in [4.78, 5) is 24.4. The van der Waals surface area contributed by atoms with Crippen molar-refractivity contribution in [2.45, 2.75) is 13.0 Å². The summed E-state index contributed by atoms with van der Waals surface area (Å²) in [6.07, 6.45) is 0. The molecule has 0 fully saturated rings. The van der Waals surface area contributed by atoms with Gasteiger partial charge in [0.15, 0.2) is 23.0 Å². The van der Waals surface area contributed by atoms with Crippen molar-refractivity contribution in [1.29, 1.82) is 0 Å². The normalized spacial score (nSPS) is 12.9. The molecule has 2 aromatic rings. The van der Waals surface area contributed by atoms with Crippen LogP contribution in [0.1, 0.15) is 18.5 Å². The highest BCUT2D eigenvalue weighted by molar-refractivity contribution is 6.39. The molecule has 2 amide bonds. The number of benzene rings is 2. The van der Waals surface area contributed by atoms with Crippen LogP contribution in [0, 0.1) is 5.82 Å². The lowest BCUT2D eigenvalue weighted by atomic mass is 10.1. The number of amides is 2. The zero-order valence-corrected chi connectivity index (χ0v) is 15.5. The second-order valence-electron chi connectivity index (χ2n) is 5.95. The number of hydrogen-bond acceptors (Lipinski definition) is 6. The molecule has 0 spiro atoms. The van der Waals surface area contributed by atoms with Crippen LogP contribution < -0.4 is 29.6 Å². The van der Waals surface area contributed by atoms with E-state index in [0.29, 0.717) is 22.9 Å². The first kappa shape index (κ1) is 19.3. The van der Waals surface area contributed by atoms with Crippen molar-refractivity contribution in [2.24, 2.45) is 0 Å². The summed E-state index contributed by atoms with van der Waals surface area (Å²) in [5, 5.41) is 4.91. The number of halogens is 1. The van der Waals surface area contributed by atoms with Gasteiger partial charge >= 0.3 is 11.8 Å². The lowest BCUT2D eigenvalue weighted by Gasteiger charge is -2.17. The van der Waals surface area contributed by atoms with Gasteiger partial charge in [-0.1, -0.05) is 0 Å². The van der Waals surface area contributed by atoms with Gasteiger partial charge in [0.05, 0.1) is 20.3 Å². The van der Waals surface area contributed by atoms with Crippen molar-refractivity contribution in [3.05, 3.63) is 41.7 Å². The number of fused-ring (bicyclic) bond motifs is 1. The molecule has 0 bridgehead atoms. The highest BCUT2D eigenvalue weighted by atomic mass is 19.1. The fraction of sp³-hybridized carbons (Fsp3) is 0.263. The van der Waals surface area contributed by atoms with Gasteiger partial charge in [-0.05, 0) is 25.1 Å². The second-order valence-corrected chi connectivity index (χ2v) is 5.95. The van der Waals surface area contributed by atoms with Crippen LogP contribution in [-0.2, 0) is 9.59 Å². The van der Waals surface area contributed by atoms with E-state index in [4.69, 9.17) is 18.9 Å². The second kappa shape index (κ2) is 8.03. The Balaban J connectivity index is 1.67. The number of carbonyl (C=O) groups is 2. The zero-order valence-electron chi connectivity index (χ0n) is 15.5. The summed E-state index contributed by atoms with van der Waals surface area (Å²) in [5.41, 5.74) is 0.524. The Kier molecular flexibility index (Phi) is 5.53. The summed E-state index contributed by atoms with van der Waals surface area (Å²) >= 11 is 0. The molecular weight excluding hydrogens is 371 g/mol. The van der Waals surface area contributed by atoms with Crippen LogP contribution in [0.2, 0.25) is 0 Å².